The number of nitrogens with two attached hydrogens (primary N) is 1. The van der Waals surface area contributed by atoms with Crippen LogP contribution >= 0.6 is 0 Å². The molecule has 2 heteroatoms. The molecule has 94 valence electrons. The van der Waals surface area contributed by atoms with Gasteiger partial charge in [-0.1, -0.05) is 49.4 Å². The summed E-state index contributed by atoms with van der Waals surface area (Å²) in [5, 5.41) is 0. The summed E-state index contributed by atoms with van der Waals surface area (Å²) in [4.78, 5) is 0. The van der Waals surface area contributed by atoms with E-state index in [1.165, 1.54) is 5.56 Å². The molecule has 0 aliphatic rings. The van der Waals surface area contributed by atoms with Crippen LogP contribution in [0, 0.1) is 0 Å². The number of aryl methyl sites for hydroxylation is 1. The van der Waals surface area contributed by atoms with Crippen molar-refractivity contribution in [3.8, 4) is 5.75 Å². The fourth-order valence-electron chi connectivity index (χ4n) is 2.06. The number of benzene rings is 2. The van der Waals surface area contributed by atoms with E-state index in [4.69, 9.17) is 10.5 Å². The summed E-state index contributed by atoms with van der Waals surface area (Å²) < 4.78 is 5.35. The van der Waals surface area contributed by atoms with E-state index in [1.54, 1.807) is 7.11 Å². The predicted molar refractivity (Wildman–Crippen MR) is 74.8 cm³/mol. The Hall–Kier alpha value is -1.80. The maximum atomic E-state index is 6.30. The second kappa shape index (κ2) is 5.69. The first-order valence-electron chi connectivity index (χ1n) is 6.23. The molecule has 0 radical (unpaired) electrons. The summed E-state index contributed by atoms with van der Waals surface area (Å²) in [6.45, 7) is 2.15. The van der Waals surface area contributed by atoms with Gasteiger partial charge >= 0.3 is 0 Å². The number of methoxy groups -OCH3 is 1. The molecule has 0 saturated heterocycles. The minimum absolute atomic E-state index is 0.146. The zero-order chi connectivity index (χ0) is 13.0. The Morgan fingerprint density at radius 2 is 1.72 bits per heavy atom. The molecule has 0 spiro atoms. The van der Waals surface area contributed by atoms with Crippen molar-refractivity contribution in [1.82, 2.24) is 0 Å². The molecule has 0 aromatic heterocycles. The average molecular weight is 241 g/mol. The SMILES string of the molecule is CCc1ccc(C(N)c2ccccc2OC)cc1. The normalized spacial score (nSPS) is 12.2. The molecule has 0 bridgehead atoms. The summed E-state index contributed by atoms with van der Waals surface area (Å²) in [6.07, 6.45) is 1.05. The molecular formula is C16H19NO. The molecule has 1 unspecified atom stereocenters. The van der Waals surface area contributed by atoms with E-state index in [9.17, 15) is 0 Å². The third-order valence-electron chi connectivity index (χ3n) is 3.22. The topological polar surface area (TPSA) is 35.2 Å². The van der Waals surface area contributed by atoms with Gasteiger partial charge in [-0.2, -0.15) is 0 Å². The van der Waals surface area contributed by atoms with E-state index in [0.29, 0.717) is 0 Å². The lowest BCUT2D eigenvalue weighted by atomic mass is 9.97. The second-order valence-corrected chi connectivity index (χ2v) is 4.31. The van der Waals surface area contributed by atoms with Crippen LogP contribution in [0.5, 0.6) is 5.75 Å². The maximum absolute atomic E-state index is 6.30. The van der Waals surface area contributed by atoms with Gasteiger partial charge in [0.25, 0.3) is 0 Å². The number of hydrogen-bond donors (Lipinski definition) is 1. The molecule has 2 rings (SSSR count). The summed E-state index contributed by atoms with van der Waals surface area (Å²) >= 11 is 0. The Kier molecular flexibility index (Phi) is 4.00. The van der Waals surface area contributed by atoms with E-state index < -0.39 is 0 Å². The molecule has 1 atom stereocenters. The Balaban J connectivity index is 2.31. The van der Waals surface area contributed by atoms with Gasteiger partial charge in [0.1, 0.15) is 5.75 Å². The predicted octanol–water partition coefficient (Wildman–Crippen LogP) is 3.31. The van der Waals surface area contributed by atoms with Gasteiger partial charge in [0.05, 0.1) is 13.2 Å². The lowest BCUT2D eigenvalue weighted by molar-refractivity contribution is 0.408. The van der Waals surface area contributed by atoms with Crippen LogP contribution in [-0.2, 0) is 6.42 Å². The van der Waals surface area contributed by atoms with Crippen molar-refractivity contribution in [1.29, 1.82) is 0 Å². The minimum atomic E-state index is -0.146. The fourth-order valence-corrected chi connectivity index (χ4v) is 2.06. The van der Waals surface area contributed by atoms with Crippen LogP contribution < -0.4 is 10.5 Å². The highest BCUT2D eigenvalue weighted by molar-refractivity contribution is 5.41. The standard InChI is InChI=1S/C16H19NO/c1-3-12-8-10-13(11-9-12)16(17)14-6-4-5-7-15(14)18-2/h4-11,16H,3,17H2,1-2H3. The maximum Gasteiger partial charge on any atom is 0.123 e. The smallest absolute Gasteiger partial charge is 0.123 e. The highest BCUT2D eigenvalue weighted by atomic mass is 16.5. The van der Waals surface area contributed by atoms with E-state index in [1.807, 2.05) is 24.3 Å². The van der Waals surface area contributed by atoms with Crippen LogP contribution in [0.2, 0.25) is 0 Å². The molecule has 0 aliphatic carbocycles. The Bertz CT molecular complexity index is 505. The van der Waals surface area contributed by atoms with Crippen molar-refractivity contribution in [3.05, 3.63) is 65.2 Å². The van der Waals surface area contributed by atoms with Gasteiger partial charge in [-0.15, -0.1) is 0 Å². The largest absolute Gasteiger partial charge is 0.496 e. The Morgan fingerprint density at radius 1 is 1.06 bits per heavy atom. The molecule has 0 aliphatic heterocycles. The molecule has 18 heavy (non-hydrogen) atoms. The zero-order valence-electron chi connectivity index (χ0n) is 10.9. The van der Waals surface area contributed by atoms with Crippen molar-refractivity contribution in [3.63, 3.8) is 0 Å². The second-order valence-electron chi connectivity index (χ2n) is 4.31. The fraction of sp³-hybridized carbons (Fsp3) is 0.250. The third-order valence-corrected chi connectivity index (χ3v) is 3.22. The van der Waals surface area contributed by atoms with Crippen LogP contribution in [-0.4, -0.2) is 7.11 Å². The van der Waals surface area contributed by atoms with Crippen molar-refractivity contribution < 1.29 is 4.74 Å². The molecule has 2 aromatic carbocycles. The highest BCUT2D eigenvalue weighted by Gasteiger charge is 2.13. The summed E-state index contributed by atoms with van der Waals surface area (Å²) in [6, 6.07) is 16.2. The van der Waals surface area contributed by atoms with Crippen molar-refractivity contribution in [2.75, 3.05) is 7.11 Å². The van der Waals surface area contributed by atoms with E-state index in [-0.39, 0.29) is 6.04 Å². The van der Waals surface area contributed by atoms with Crippen LogP contribution in [0.3, 0.4) is 0 Å². The first-order chi connectivity index (χ1) is 8.76. The van der Waals surface area contributed by atoms with Crippen LogP contribution in [0.25, 0.3) is 0 Å². The first kappa shape index (κ1) is 12.7. The van der Waals surface area contributed by atoms with Gasteiger partial charge in [0, 0.05) is 5.56 Å². The third kappa shape index (κ3) is 2.54. The molecule has 0 amide bonds. The monoisotopic (exact) mass is 241 g/mol. The van der Waals surface area contributed by atoms with E-state index in [0.717, 1.165) is 23.3 Å². The molecule has 2 nitrogen and oxygen atoms in total. The number of hydrogen-bond acceptors (Lipinski definition) is 2. The van der Waals surface area contributed by atoms with Crippen LogP contribution in [0.4, 0.5) is 0 Å². The van der Waals surface area contributed by atoms with Crippen LogP contribution in [0.15, 0.2) is 48.5 Å². The zero-order valence-corrected chi connectivity index (χ0v) is 10.9. The summed E-state index contributed by atoms with van der Waals surface area (Å²) in [7, 11) is 1.67. The van der Waals surface area contributed by atoms with Crippen molar-refractivity contribution >= 4 is 0 Å². The van der Waals surface area contributed by atoms with Crippen molar-refractivity contribution in [2.24, 2.45) is 5.73 Å². The summed E-state index contributed by atoms with van der Waals surface area (Å²) in [5.74, 6) is 0.838. The number of ether oxygens (including phenoxy) is 1. The molecular weight excluding hydrogens is 222 g/mol. The van der Waals surface area contributed by atoms with Crippen molar-refractivity contribution in [2.45, 2.75) is 19.4 Å². The highest BCUT2D eigenvalue weighted by Crippen LogP contribution is 2.28. The minimum Gasteiger partial charge on any atom is -0.496 e. The van der Waals surface area contributed by atoms with Gasteiger partial charge in [-0.3, -0.25) is 0 Å². The van der Waals surface area contributed by atoms with Gasteiger partial charge in [0.2, 0.25) is 0 Å². The molecule has 0 fully saturated rings. The Labute approximate surface area is 108 Å². The lowest BCUT2D eigenvalue weighted by Crippen LogP contribution is -2.13. The van der Waals surface area contributed by atoms with Crippen LogP contribution in [0.1, 0.15) is 29.7 Å². The molecule has 0 heterocycles. The van der Waals surface area contributed by atoms with Gasteiger partial charge in [-0.25, -0.2) is 0 Å². The average Bonchev–Trinajstić information content (AvgIpc) is 2.46. The molecule has 2 aromatic rings. The van der Waals surface area contributed by atoms with E-state index >= 15 is 0 Å². The van der Waals surface area contributed by atoms with Gasteiger partial charge < -0.3 is 10.5 Å². The van der Waals surface area contributed by atoms with E-state index in [2.05, 4.69) is 31.2 Å². The summed E-state index contributed by atoms with van der Waals surface area (Å²) in [5.41, 5.74) is 9.76. The quantitative estimate of drug-likeness (QED) is 0.891. The molecule has 0 saturated carbocycles. The number of para-hydroxylation sites is 1. The molecule has 2 N–H and O–H groups in total. The Morgan fingerprint density at radius 3 is 2.33 bits per heavy atom. The lowest BCUT2D eigenvalue weighted by Gasteiger charge is -2.16. The first-order valence-corrected chi connectivity index (χ1v) is 6.23. The number of rotatable bonds is 4. The van der Waals surface area contributed by atoms with Gasteiger partial charge in [-0.05, 0) is 23.6 Å². The van der Waals surface area contributed by atoms with Gasteiger partial charge in [0.15, 0.2) is 0 Å².